The van der Waals surface area contributed by atoms with Crippen LogP contribution in [0, 0.1) is 5.92 Å². The van der Waals surface area contributed by atoms with Gasteiger partial charge in [-0.05, 0) is 35.1 Å². The number of benzene rings is 2. The summed E-state index contributed by atoms with van der Waals surface area (Å²) in [5, 5.41) is 12.0. The molecule has 0 radical (unpaired) electrons. The van der Waals surface area contributed by atoms with E-state index in [1.165, 1.54) is 11.1 Å². The molecule has 0 spiro atoms. The summed E-state index contributed by atoms with van der Waals surface area (Å²) in [5.41, 5.74) is 4.64. The normalized spacial score (nSPS) is 19.9. The molecule has 4 rings (SSSR count). The van der Waals surface area contributed by atoms with Crippen LogP contribution in [0.5, 0.6) is 0 Å². The van der Waals surface area contributed by atoms with Gasteiger partial charge in [-0.25, -0.2) is 4.79 Å². The highest BCUT2D eigenvalue weighted by atomic mass is 16.5. The Bertz CT molecular complexity index is 859. The molecule has 0 fully saturated rings. The summed E-state index contributed by atoms with van der Waals surface area (Å²) >= 11 is 0. The van der Waals surface area contributed by atoms with Gasteiger partial charge in [0.25, 0.3) is 0 Å². The molecular weight excluding hydrogens is 354 g/mol. The predicted molar refractivity (Wildman–Crippen MR) is 108 cm³/mol. The smallest absolute Gasteiger partial charge is 0.407 e. The summed E-state index contributed by atoms with van der Waals surface area (Å²) in [6, 6.07) is 15.8. The van der Waals surface area contributed by atoms with Gasteiger partial charge < -0.3 is 15.2 Å². The summed E-state index contributed by atoms with van der Waals surface area (Å²) in [6.07, 6.45) is 4.09. The summed E-state index contributed by atoms with van der Waals surface area (Å²) in [4.78, 5) is 23.7. The molecule has 2 N–H and O–H groups in total. The van der Waals surface area contributed by atoms with E-state index in [0.717, 1.165) is 11.1 Å². The Morgan fingerprint density at radius 1 is 0.964 bits per heavy atom. The average Bonchev–Trinajstić information content (AvgIpc) is 3.00. The van der Waals surface area contributed by atoms with Crippen molar-refractivity contribution in [3.8, 4) is 11.1 Å². The third-order valence-corrected chi connectivity index (χ3v) is 5.40. The van der Waals surface area contributed by atoms with Crippen LogP contribution in [-0.2, 0) is 9.53 Å². The van der Waals surface area contributed by atoms with Gasteiger partial charge in [-0.1, -0.05) is 68.1 Å². The number of hydrogen-bond donors (Lipinski definition) is 2. The SMILES string of the molecule is C.O=C(N[C@H]1CC=CC[C@@H]1C(=O)O)OCC1c2ccccc2-c2ccccc21. The fourth-order valence-electron chi connectivity index (χ4n) is 4.04. The number of carbonyl (C=O) groups is 2. The number of ether oxygens (including phenoxy) is 1. The topological polar surface area (TPSA) is 75.6 Å². The van der Waals surface area contributed by atoms with Crippen molar-refractivity contribution in [2.45, 2.75) is 32.2 Å². The Hall–Kier alpha value is -3.08. The largest absolute Gasteiger partial charge is 0.481 e. The molecular formula is C23H25NO4. The van der Waals surface area contributed by atoms with Crippen LogP contribution in [0.4, 0.5) is 4.79 Å². The highest BCUT2D eigenvalue weighted by Crippen LogP contribution is 2.44. The van der Waals surface area contributed by atoms with E-state index in [2.05, 4.69) is 29.6 Å². The average molecular weight is 379 g/mol. The third-order valence-electron chi connectivity index (χ3n) is 5.40. The number of nitrogens with one attached hydrogen (secondary N) is 1. The third kappa shape index (κ3) is 3.65. The monoisotopic (exact) mass is 379 g/mol. The molecule has 0 aromatic heterocycles. The Morgan fingerprint density at radius 2 is 1.54 bits per heavy atom. The van der Waals surface area contributed by atoms with Crippen LogP contribution in [-0.4, -0.2) is 29.8 Å². The number of aliphatic carboxylic acids is 1. The first kappa shape index (κ1) is 19.7. The number of hydrogen-bond acceptors (Lipinski definition) is 3. The van der Waals surface area contributed by atoms with E-state index in [-0.39, 0.29) is 20.0 Å². The minimum Gasteiger partial charge on any atom is -0.481 e. The number of allylic oxidation sites excluding steroid dienone is 1. The molecule has 0 bridgehead atoms. The van der Waals surface area contributed by atoms with Crippen molar-refractivity contribution in [1.82, 2.24) is 5.32 Å². The van der Waals surface area contributed by atoms with Gasteiger partial charge in [0.1, 0.15) is 6.61 Å². The maximum absolute atomic E-state index is 12.3. The van der Waals surface area contributed by atoms with E-state index < -0.39 is 24.0 Å². The molecule has 5 heteroatoms. The number of fused-ring (bicyclic) bond motifs is 3. The van der Waals surface area contributed by atoms with E-state index >= 15 is 0 Å². The zero-order chi connectivity index (χ0) is 18.8. The molecule has 0 aliphatic heterocycles. The second kappa shape index (κ2) is 8.30. The summed E-state index contributed by atoms with van der Waals surface area (Å²) in [7, 11) is 0. The molecule has 2 aromatic rings. The number of carboxylic acid groups (broad SMARTS) is 1. The zero-order valence-corrected chi connectivity index (χ0v) is 14.8. The lowest BCUT2D eigenvalue weighted by molar-refractivity contribution is -0.142. The highest BCUT2D eigenvalue weighted by Gasteiger charge is 2.32. The summed E-state index contributed by atoms with van der Waals surface area (Å²) < 4.78 is 5.50. The van der Waals surface area contributed by atoms with Gasteiger partial charge in [0.2, 0.25) is 0 Å². The summed E-state index contributed by atoms with van der Waals surface area (Å²) in [5.74, 6) is -1.52. The molecule has 0 unspecified atom stereocenters. The van der Waals surface area contributed by atoms with Crippen molar-refractivity contribution < 1.29 is 19.4 Å². The molecule has 0 heterocycles. The van der Waals surface area contributed by atoms with Gasteiger partial charge in [-0.15, -0.1) is 0 Å². The molecule has 5 nitrogen and oxygen atoms in total. The predicted octanol–water partition coefficient (Wildman–Crippen LogP) is 4.58. The van der Waals surface area contributed by atoms with Crippen molar-refractivity contribution >= 4 is 12.1 Å². The van der Waals surface area contributed by atoms with E-state index in [4.69, 9.17) is 4.74 Å². The van der Waals surface area contributed by atoms with Crippen LogP contribution in [0.15, 0.2) is 60.7 Å². The molecule has 0 saturated heterocycles. The molecule has 2 aliphatic rings. The number of carbonyl (C=O) groups excluding carboxylic acids is 1. The van der Waals surface area contributed by atoms with E-state index in [0.29, 0.717) is 12.8 Å². The lowest BCUT2D eigenvalue weighted by atomic mass is 9.89. The molecule has 28 heavy (non-hydrogen) atoms. The Labute approximate surface area is 165 Å². The minimum atomic E-state index is -0.900. The Balaban J connectivity index is 0.00000225. The molecule has 2 aromatic carbocycles. The van der Waals surface area contributed by atoms with Crippen molar-refractivity contribution in [2.75, 3.05) is 6.61 Å². The van der Waals surface area contributed by atoms with Crippen molar-refractivity contribution in [2.24, 2.45) is 5.92 Å². The van der Waals surface area contributed by atoms with E-state index in [1.807, 2.05) is 36.4 Å². The lowest BCUT2D eigenvalue weighted by Crippen LogP contribution is -2.44. The van der Waals surface area contributed by atoms with Crippen LogP contribution < -0.4 is 5.32 Å². The minimum absolute atomic E-state index is 0. The van der Waals surface area contributed by atoms with Gasteiger partial charge >= 0.3 is 12.1 Å². The number of amides is 1. The summed E-state index contributed by atoms with van der Waals surface area (Å²) in [6.45, 7) is 0.222. The van der Waals surface area contributed by atoms with Gasteiger partial charge in [0.05, 0.1) is 5.92 Å². The fourth-order valence-corrected chi connectivity index (χ4v) is 4.04. The van der Waals surface area contributed by atoms with Gasteiger partial charge in [-0.2, -0.15) is 0 Å². The molecule has 0 saturated carbocycles. The van der Waals surface area contributed by atoms with Crippen LogP contribution in [0.25, 0.3) is 11.1 Å². The Kier molecular flexibility index (Phi) is 5.83. The first-order chi connectivity index (χ1) is 13.1. The lowest BCUT2D eigenvalue weighted by Gasteiger charge is -2.26. The van der Waals surface area contributed by atoms with Gasteiger partial charge in [0, 0.05) is 12.0 Å². The molecule has 2 atom stereocenters. The van der Waals surface area contributed by atoms with Crippen LogP contribution in [0.1, 0.15) is 37.3 Å². The van der Waals surface area contributed by atoms with Crippen molar-refractivity contribution in [3.05, 3.63) is 71.8 Å². The van der Waals surface area contributed by atoms with Crippen LogP contribution in [0.2, 0.25) is 0 Å². The molecule has 1 amide bonds. The molecule has 2 aliphatic carbocycles. The number of rotatable bonds is 4. The second-order valence-electron chi connectivity index (χ2n) is 6.96. The van der Waals surface area contributed by atoms with Crippen molar-refractivity contribution in [1.29, 1.82) is 0 Å². The van der Waals surface area contributed by atoms with Crippen molar-refractivity contribution in [3.63, 3.8) is 0 Å². The van der Waals surface area contributed by atoms with E-state index in [1.54, 1.807) is 0 Å². The van der Waals surface area contributed by atoms with Crippen LogP contribution in [0.3, 0.4) is 0 Å². The standard InChI is InChI=1S/C22H21NO4.CH4/c24-21(25)18-11-5-6-12-20(18)23-22(26)27-13-19-16-9-3-1-7-14(16)15-8-2-4-10-17(15)19;/h1-10,18-20H,11-13H2,(H,23,26)(H,24,25);1H4/t18-,20-;/m0./s1. The Morgan fingerprint density at radius 3 is 2.14 bits per heavy atom. The highest BCUT2D eigenvalue weighted by molar-refractivity contribution is 5.79. The quantitative estimate of drug-likeness (QED) is 0.763. The number of carboxylic acids is 1. The zero-order valence-electron chi connectivity index (χ0n) is 14.8. The first-order valence-electron chi connectivity index (χ1n) is 9.14. The van der Waals surface area contributed by atoms with Gasteiger partial charge in [0.15, 0.2) is 0 Å². The van der Waals surface area contributed by atoms with Crippen LogP contribution >= 0.6 is 0 Å². The first-order valence-corrected chi connectivity index (χ1v) is 9.14. The van der Waals surface area contributed by atoms with Gasteiger partial charge in [-0.3, -0.25) is 4.79 Å². The molecule has 146 valence electrons. The number of alkyl carbamates (subject to hydrolysis) is 1. The van der Waals surface area contributed by atoms with E-state index in [9.17, 15) is 14.7 Å². The fraction of sp³-hybridized carbons (Fsp3) is 0.304. The maximum Gasteiger partial charge on any atom is 0.407 e. The second-order valence-corrected chi connectivity index (χ2v) is 6.96. The maximum atomic E-state index is 12.3.